The van der Waals surface area contributed by atoms with Crippen molar-refractivity contribution >= 4 is 34.1 Å². The Morgan fingerprint density at radius 3 is 2.05 bits per heavy atom. The summed E-state index contributed by atoms with van der Waals surface area (Å²) in [6.45, 7) is -0.705. The van der Waals surface area contributed by atoms with Gasteiger partial charge in [0.1, 0.15) is 19.0 Å². The van der Waals surface area contributed by atoms with Gasteiger partial charge in [-0.05, 0) is 23.8 Å². The van der Waals surface area contributed by atoms with Crippen LogP contribution in [0.2, 0.25) is 0 Å². The van der Waals surface area contributed by atoms with Crippen LogP contribution in [-0.2, 0) is 23.0 Å². The average Bonchev–Trinajstić information content (AvgIpc) is 2.94. The Morgan fingerprint density at radius 1 is 0.775 bits per heavy atom. The number of fused-ring (bicyclic) bond motifs is 1. The first-order valence-corrected chi connectivity index (χ1v) is 11.3. The van der Waals surface area contributed by atoms with Crippen molar-refractivity contribution in [3.05, 3.63) is 115 Å². The van der Waals surface area contributed by atoms with Crippen molar-refractivity contribution in [2.45, 2.75) is 13.2 Å². The quantitative estimate of drug-likeness (QED) is 0.0827. The lowest BCUT2D eigenvalue weighted by Gasteiger charge is -2.13. The molecule has 0 saturated carbocycles. The maximum atomic E-state index is 12.9. The largest absolute Gasteiger partial charge is 0.477 e. The lowest BCUT2D eigenvalue weighted by Crippen LogP contribution is -2.16. The molecule has 0 atom stereocenters. The van der Waals surface area contributed by atoms with Crippen LogP contribution in [-0.4, -0.2) is 32.1 Å². The molecule has 4 rings (SSSR count). The number of carbonyl (C=O) groups is 2. The Hall–Kier alpha value is -5.44. The molecule has 204 valence electrons. The molecule has 0 heterocycles. The Labute approximate surface area is 223 Å². The Balaban J connectivity index is 1.59. The van der Waals surface area contributed by atoms with E-state index in [1.165, 1.54) is 36.4 Å². The molecule has 0 aliphatic rings. The van der Waals surface area contributed by atoms with Crippen molar-refractivity contribution in [3.8, 4) is 11.5 Å². The number of aromatic carboxylic acids is 1. The number of esters is 1. The molecule has 4 aromatic rings. The van der Waals surface area contributed by atoms with Gasteiger partial charge in [-0.3, -0.25) is 25.5 Å². The molecule has 0 radical (unpaired) electrons. The molecule has 0 fully saturated rings. The van der Waals surface area contributed by atoms with E-state index in [0.29, 0.717) is 16.3 Å². The molecule has 0 spiro atoms. The summed E-state index contributed by atoms with van der Waals surface area (Å²) in [5.41, 5.74) is -1.93. The van der Waals surface area contributed by atoms with Gasteiger partial charge in [-0.25, -0.2) is 14.5 Å². The van der Waals surface area contributed by atoms with Crippen LogP contribution in [0.15, 0.2) is 72.8 Å². The van der Waals surface area contributed by atoms with E-state index in [-0.39, 0.29) is 29.4 Å². The second kappa shape index (κ2) is 12.0. The number of nitro groups is 2. The molecule has 0 aliphatic heterocycles. The van der Waals surface area contributed by atoms with Crippen molar-refractivity contribution in [2.24, 2.45) is 0 Å². The van der Waals surface area contributed by atoms with Crippen LogP contribution in [0.5, 0.6) is 11.5 Å². The topological polar surface area (TPSA) is 198 Å². The molecule has 0 unspecified atom stereocenters. The monoisotopic (exact) mass is 550 g/mol. The molecule has 4 aromatic carbocycles. The zero-order chi connectivity index (χ0) is 28.8. The lowest BCUT2D eigenvalue weighted by atomic mass is 10.1. The third kappa shape index (κ3) is 5.68. The van der Waals surface area contributed by atoms with Crippen LogP contribution in [0.25, 0.3) is 10.8 Å². The number of rotatable bonds is 11. The van der Waals surface area contributed by atoms with E-state index in [1.807, 2.05) is 0 Å². The van der Waals surface area contributed by atoms with Gasteiger partial charge in [-0.1, -0.05) is 42.5 Å². The smallest absolute Gasteiger partial charge is 0.344 e. The molecule has 40 heavy (non-hydrogen) atoms. The van der Waals surface area contributed by atoms with Crippen LogP contribution < -0.4 is 9.62 Å². The molecule has 0 bridgehead atoms. The summed E-state index contributed by atoms with van der Waals surface area (Å²) in [6.07, 6.45) is 0. The summed E-state index contributed by atoms with van der Waals surface area (Å²) in [5, 5.41) is 41.6. The zero-order valence-corrected chi connectivity index (χ0v) is 20.2. The SMILES string of the molecule is O=C(Oc1ccc(OOCc2cccc([N+](=O)[O-])c2COO)c2ccccc12)c1cccc([N+](=O)[O-])c1C(=O)O. The number of carboxylic acids is 1. The van der Waals surface area contributed by atoms with Crippen molar-refractivity contribution < 1.29 is 49.2 Å². The highest BCUT2D eigenvalue weighted by Gasteiger charge is 2.28. The van der Waals surface area contributed by atoms with Crippen LogP contribution in [0.3, 0.4) is 0 Å². The number of carboxylic acid groups (broad SMARTS) is 1. The normalized spacial score (nSPS) is 10.7. The highest BCUT2D eigenvalue weighted by molar-refractivity contribution is 6.06. The number of hydrogen-bond acceptors (Lipinski definition) is 11. The molecule has 0 aliphatic carbocycles. The standard InChI is InChI=1S/C26H18N2O12/c29-25(30)24-18(8-4-10-21(24)28(34)35)26(31)39-22-11-12-23(17-7-2-1-6-16(17)22)40-38-13-15-5-3-9-20(27(32)33)19(15)14-37-36/h1-12,36H,13-14H2,(H,29,30). The summed E-state index contributed by atoms with van der Waals surface area (Å²) < 4.78 is 5.42. The Bertz CT molecular complexity index is 1640. The molecular formula is C26H18N2O12. The van der Waals surface area contributed by atoms with E-state index in [1.54, 1.807) is 24.3 Å². The predicted octanol–water partition coefficient (Wildman–Crippen LogP) is 5.07. The molecule has 0 amide bonds. The third-order valence-corrected chi connectivity index (χ3v) is 5.74. The minimum atomic E-state index is -1.66. The van der Waals surface area contributed by atoms with Gasteiger partial charge in [0.2, 0.25) is 0 Å². The summed E-state index contributed by atoms with van der Waals surface area (Å²) in [4.78, 5) is 60.4. The van der Waals surface area contributed by atoms with Crippen molar-refractivity contribution in [2.75, 3.05) is 0 Å². The van der Waals surface area contributed by atoms with Gasteiger partial charge >= 0.3 is 11.9 Å². The Morgan fingerprint density at radius 2 is 1.40 bits per heavy atom. The van der Waals surface area contributed by atoms with Crippen molar-refractivity contribution in [1.29, 1.82) is 0 Å². The highest BCUT2D eigenvalue weighted by atomic mass is 17.2. The van der Waals surface area contributed by atoms with Gasteiger partial charge in [-0.15, -0.1) is 0 Å². The van der Waals surface area contributed by atoms with E-state index in [4.69, 9.17) is 19.8 Å². The maximum Gasteiger partial charge on any atom is 0.344 e. The molecule has 14 nitrogen and oxygen atoms in total. The van der Waals surface area contributed by atoms with Crippen molar-refractivity contribution in [3.63, 3.8) is 0 Å². The first-order valence-electron chi connectivity index (χ1n) is 11.3. The molecular weight excluding hydrogens is 532 g/mol. The van der Waals surface area contributed by atoms with E-state index in [2.05, 4.69) is 4.89 Å². The molecule has 0 aromatic heterocycles. The van der Waals surface area contributed by atoms with E-state index < -0.39 is 45.2 Å². The minimum Gasteiger partial charge on any atom is -0.477 e. The third-order valence-electron chi connectivity index (χ3n) is 5.74. The van der Waals surface area contributed by atoms with E-state index in [9.17, 15) is 34.9 Å². The first kappa shape index (κ1) is 27.6. The molecule has 14 heteroatoms. The predicted molar refractivity (Wildman–Crippen MR) is 135 cm³/mol. The lowest BCUT2D eigenvalue weighted by molar-refractivity contribution is -0.387. The van der Waals surface area contributed by atoms with Gasteiger partial charge in [0.25, 0.3) is 11.4 Å². The summed E-state index contributed by atoms with van der Waals surface area (Å²) in [6, 6.07) is 16.8. The first-order chi connectivity index (χ1) is 19.2. The summed E-state index contributed by atoms with van der Waals surface area (Å²) in [5.74, 6) is -2.60. The number of hydrogen-bond donors (Lipinski definition) is 2. The number of ether oxygens (including phenoxy) is 1. The Kier molecular flexibility index (Phi) is 8.24. The van der Waals surface area contributed by atoms with Crippen LogP contribution in [0.1, 0.15) is 31.8 Å². The number of benzene rings is 4. The zero-order valence-electron chi connectivity index (χ0n) is 20.2. The second-order valence-corrected chi connectivity index (χ2v) is 8.05. The minimum absolute atomic E-state index is 0.0110. The maximum absolute atomic E-state index is 12.9. The van der Waals surface area contributed by atoms with Crippen LogP contribution >= 0.6 is 0 Å². The summed E-state index contributed by atoms with van der Waals surface area (Å²) >= 11 is 0. The van der Waals surface area contributed by atoms with E-state index in [0.717, 1.165) is 12.1 Å². The fraction of sp³-hybridized carbons (Fsp3) is 0.0769. The van der Waals surface area contributed by atoms with Crippen molar-refractivity contribution in [1.82, 2.24) is 0 Å². The second-order valence-electron chi connectivity index (χ2n) is 8.05. The number of nitrogens with zero attached hydrogens (tertiary/aromatic N) is 2. The fourth-order valence-corrected chi connectivity index (χ4v) is 3.96. The van der Waals surface area contributed by atoms with Gasteiger partial charge in [0.05, 0.1) is 21.0 Å². The van der Waals surface area contributed by atoms with Gasteiger partial charge < -0.3 is 14.7 Å². The number of nitro benzene ring substituents is 2. The van der Waals surface area contributed by atoms with Crippen LogP contribution in [0, 0.1) is 20.2 Å². The van der Waals surface area contributed by atoms with Gasteiger partial charge in [0, 0.05) is 22.9 Å². The average molecular weight is 550 g/mol. The highest BCUT2D eigenvalue weighted by Crippen LogP contribution is 2.34. The van der Waals surface area contributed by atoms with Crippen LogP contribution in [0.4, 0.5) is 11.4 Å². The number of carbonyl (C=O) groups excluding carboxylic acids is 1. The van der Waals surface area contributed by atoms with Gasteiger partial charge in [-0.2, -0.15) is 4.89 Å². The molecule has 2 N–H and O–H groups in total. The summed E-state index contributed by atoms with van der Waals surface area (Å²) in [7, 11) is 0. The van der Waals surface area contributed by atoms with Gasteiger partial charge in [0.15, 0.2) is 11.3 Å². The fourth-order valence-electron chi connectivity index (χ4n) is 3.96. The molecule has 0 saturated heterocycles. The van der Waals surface area contributed by atoms with E-state index >= 15 is 0 Å².